The van der Waals surface area contributed by atoms with Crippen molar-refractivity contribution in [2.75, 3.05) is 0 Å². The van der Waals surface area contributed by atoms with Gasteiger partial charge in [0.1, 0.15) is 11.6 Å². The number of ether oxygens (including phenoxy) is 1. The van der Waals surface area contributed by atoms with Crippen LogP contribution in [0.25, 0.3) is 11.8 Å². The lowest BCUT2D eigenvalue weighted by Gasteiger charge is -2.00. The van der Waals surface area contributed by atoms with E-state index in [0.29, 0.717) is 22.4 Å². The summed E-state index contributed by atoms with van der Waals surface area (Å²) in [4.78, 5) is 11.6. The number of benzene rings is 2. The molecule has 1 heterocycles. The number of fused-ring (bicyclic) bond motifs is 1. The van der Waals surface area contributed by atoms with E-state index < -0.39 is 5.97 Å². The van der Waals surface area contributed by atoms with Gasteiger partial charge in [0.15, 0.2) is 0 Å². The van der Waals surface area contributed by atoms with E-state index >= 15 is 0 Å². The Kier molecular flexibility index (Phi) is 2.45. The normalized spacial score (nSPS) is 15.6. The van der Waals surface area contributed by atoms with E-state index in [1.54, 1.807) is 42.5 Å². The zero-order valence-electron chi connectivity index (χ0n) is 9.39. The first-order valence-corrected chi connectivity index (χ1v) is 5.53. The summed E-state index contributed by atoms with van der Waals surface area (Å²) >= 11 is 0. The zero-order valence-corrected chi connectivity index (χ0v) is 9.39. The summed E-state index contributed by atoms with van der Waals surface area (Å²) in [7, 11) is 0. The largest absolute Gasteiger partial charge is 0.422 e. The van der Waals surface area contributed by atoms with Gasteiger partial charge < -0.3 is 4.74 Å². The molecule has 0 atom stereocenters. The minimum absolute atomic E-state index is 0.342. The number of hydrogen-bond acceptors (Lipinski definition) is 2. The Morgan fingerprint density at radius 2 is 1.61 bits per heavy atom. The number of cyclic esters (lactones) is 1. The van der Waals surface area contributed by atoms with Crippen molar-refractivity contribution in [3.05, 3.63) is 71.0 Å². The first-order valence-electron chi connectivity index (χ1n) is 5.53. The average molecular weight is 240 g/mol. The number of halogens is 1. The highest BCUT2D eigenvalue weighted by molar-refractivity contribution is 6.05. The van der Waals surface area contributed by atoms with E-state index in [1.807, 2.05) is 6.07 Å². The van der Waals surface area contributed by atoms with Crippen LogP contribution < -0.4 is 0 Å². The minimum atomic E-state index is -0.395. The van der Waals surface area contributed by atoms with E-state index in [-0.39, 0.29) is 5.82 Å². The molecule has 88 valence electrons. The van der Waals surface area contributed by atoms with Crippen molar-refractivity contribution in [3.8, 4) is 0 Å². The lowest BCUT2D eigenvalue weighted by atomic mass is 10.1. The second-order valence-corrected chi connectivity index (χ2v) is 3.97. The van der Waals surface area contributed by atoms with Gasteiger partial charge in [-0.2, -0.15) is 0 Å². The molecular formula is C15H9FO2. The van der Waals surface area contributed by atoms with Gasteiger partial charge in [-0.1, -0.05) is 36.4 Å². The smallest absolute Gasteiger partial charge is 0.344 e. The van der Waals surface area contributed by atoms with Crippen LogP contribution in [0, 0.1) is 5.82 Å². The summed E-state index contributed by atoms with van der Waals surface area (Å²) in [6, 6.07) is 13.4. The Morgan fingerprint density at radius 3 is 2.39 bits per heavy atom. The number of rotatable bonds is 1. The molecule has 0 saturated heterocycles. The molecule has 0 aromatic heterocycles. The maximum absolute atomic E-state index is 13.5. The molecule has 0 aliphatic carbocycles. The molecule has 1 aliphatic heterocycles. The summed E-state index contributed by atoms with van der Waals surface area (Å²) < 4.78 is 18.7. The van der Waals surface area contributed by atoms with Gasteiger partial charge in [0.2, 0.25) is 0 Å². The van der Waals surface area contributed by atoms with Crippen LogP contribution >= 0.6 is 0 Å². The number of carbonyl (C=O) groups excluding carboxylic acids is 1. The highest BCUT2D eigenvalue weighted by Gasteiger charge is 2.25. The third-order valence-electron chi connectivity index (χ3n) is 2.81. The van der Waals surface area contributed by atoms with Crippen LogP contribution in [0.2, 0.25) is 0 Å². The summed E-state index contributed by atoms with van der Waals surface area (Å²) in [5.41, 5.74) is 1.61. The fraction of sp³-hybridized carbons (Fsp3) is 0. The summed E-state index contributed by atoms with van der Waals surface area (Å²) in [6.07, 6.45) is 1.54. The van der Waals surface area contributed by atoms with Crippen LogP contribution in [0.4, 0.5) is 4.39 Å². The van der Waals surface area contributed by atoms with Crippen molar-refractivity contribution in [1.82, 2.24) is 0 Å². The molecule has 0 saturated carbocycles. The molecule has 2 aromatic rings. The second kappa shape index (κ2) is 4.11. The molecule has 0 radical (unpaired) electrons. The van der Waals surface area contributed by atoms with E-state index in [4.69, 9.17) is 4.74 Å². The molecule has 0 fully saturated rings. The van der Waals surface area contributed by atoms with Gasteiger partial charge in [-0.15, -0.1) is 0 Å². The van der Waals surface area contributed by atoms with Crippen molar-refractivity contribution >= 4 is 17.8 Å². The Morgan fingerprint density at radius 1 is 0.944 bits per heavy atom. The van der Waals surface area contributed by atoms with Gasteiger partial charge >= 0.3 is 5.97 Å². The lowest BCUT2D eigenvalue weighted by Crippen LogP contribution is -1.92. The molecule has 0 bridgehead atoms. The van der Waals surface area contributed by atoms with E-state index in [2.05, 4.69) is 0 Å². The van der Waals surface area contributed by atoms with Crippen LogP contribution in [0.15, 0.2) is 48.5 Å². The topological polar surface area (TPSA) is 26.3 Å². The molecule has 3 rings (SSSR count). The van der Waals surface area contributed by atoms with Gasteiger partial charge in [-0.25, -0.2) is 9.18 Å². The number of hydrogen-bond donors (Lipinski definition) is 0. The third kappa shape index (κ3) is 1.70. The Balaban J connectivity index is 2.11. The van der Waals surface area contributed by atoms with E-state index in [1.165, 1.54) is 6.07 Å². The van der Waals surface area contributed by atoms with Gasteiger partial charge in [0, 0.05) is 11.1 Å². The summed E-state index contributed by atoms with van der Waals surface area (Å²) in [5.74, 6) is -0.348. The standard InChI is InChI=1S/C15H9FO2/c16-13-8-4-1-5-10(13)9-14-11-6-2-3-7-12(11)15(17)18-14/h1-9H. The Hall–Kier alpha value is -2.42. The van der Waals surface area contributed by atoms with Crippen LogP contribution in [-0.2, 0) is 4.74 Å². The highest BCUT2D eigenvalue weighted by atomic mass is 19.1. The lowest BCUT2D eigenvalue weighted by molar-refractivity contribution is 0.0717. The maximum atomic E-state index is 13.5. The number of esters is 1. The first kappa shape index (κ1) is 10.7. The molecule has 1 aliphatic rings. The molecule has 2 nitrogen and oxygen atoms in total. The predicted molar refractivity (Wildman–Crippen MR) is 66.1 cm³/mol. The van der Waals surface area contributed by atoms with Crippen LogP contribution in [0.1, 0.15) is 21.5 Å². The molecule has 18 heavy (non-hydrogen) atoms. The average Bonchev–Trinajstić information content (AvgIpc) is 2.70. The van der Waals surface area contributed by atoms with Gasteiger partial charge in [0.25, 0.3) is 0 Å². The van der Waals surface area contributed by atoms with Crippen LogP contribution in [0.3, 0.4) is 0 Å². The van der Waals surface area contributed by atoms with Gasteiger partial charge in [-0.3, -0.25) is 0 Å². The summed E-state index contributed by atoms with van der Waals surface area (Å²) in [6.45, 7) is 0. The first-order chi connectivity index (χ1) is 8.75. The van der Waals surface area contributed by atoms with Gasteiger partial charge in [-0.05, 0) is 18.2 Å². The van der Waals surface area contributed by atoms with Crippen LogP contribution in [-0.4, -0.2) is 5.97 Å². The molecule has 0 unspecified atom stereocenters. The number of carbonyl (C=O) groups is 1. The van der Waals surface area contributed by atoms with E-state index in [0.717, 1.165) is 0 Å². The quantitative estimate of drug-likeness (QED) is 0.713. The van der Waals surface area contributed by atoms with Crippen molar-refractivity contribution in [2.45, 2.75) is 0 Å². The Labute approximate surface area is 103 Å². The fourth-order valence-corrected chi connectivity index (χ4v) is 1.93. The molecule has 0 amide bonds. The highest BCUT2D eigenvalue weighted by Crippen LogP contribution is 2.31. The van der Waals surface area contributed by atoms with Crippen molar-refractivity contribution in [2.24, 2.45) is 0 Å². The molecule has 0 spiro atoms. The van der Waals surface area contributed by atoms with Gasteiger partial charge in [0.05, 0.1) is 5.56 Å². The van der Waals surface area contributed by atoms with Crippen LogP contribution in [0.5, 0.6) is 0 Å². The van der Waals surface area contributed by atoms with Crippen molar-refractivity contribution in [1.29, 1.82) is 0 Å². The van der Waals surface area contributed by atoms with Crippen molar-refractivity contribution in [3.63, 3.8) is 0 Å². The fourth-order valence-electron chi connectivity index (χ4n) is 1.93. The SMILES string of the molecule is O=C1OC(=Cc2ccccc2F)c2ccccc21. The molecule has 0 N–H and O–H groups in total. The van der Waals surface area contributed by atoms with Crippen molar-refractivity contribution < 1.29 is 13.9 Å². The molecular weight excluding hydrogens is 231 g/mol. The zero-order chi connectivity index (χ0) is 12.5. The third-order valence-corrected chi connectivity index (χ3v) is 2.81. The summed E-state index contributed by atoms with van der Waals surface area (Å²) in [5, 5.41) is 0. The Bertz CT molecular complexity index is 659. The van der Waals surface area contributed by atoms with E-state index in [9.17, 15) is 9.18 Å². The maximum Gasteiger partial charge on any atom is 0.344 e. The monoisotopic (exact) mass is 240 g/mol. The minimum Gasteiger partial charge on any atom is -0.422 e. The molecule has 2 aromatic carbocycles. The molecule has 3 heteroatoms. The predicted octanol–water partition coefficient (Wildman–Crippen LogP) is 3.49. The second-order valence-electron chi connectivity index (χ2n) is 3.97.